The maximum atomic E-state index is 12.3. The van der Waals surface area contributed by atoms with E-state index in [0.717, 1.165) is 5.39 Å². The van der Waals surface area contributed by atoms with Crippen molar-refractivity contribution in [3.8, 4) is 22.7 Å². The SMILES string of the molecule is COc1cccc(-n2cc(-c3cc4ccccc4oc3=O)[nH]c2=O)c1. The number of hydrogen-bond donors (Lipinski definition) is 1. The second-order valence-electron chi connectivity index (χ2n) is 5.53. The van der Waals surface area contributed by atoms with Crippen LogP contribution in [0.15, 0.2) is 74.8 Å². The highest BCUT2D eigenvalue weighted by Gasteiger charge is 2.13. The maximum absolute atomic E-state index is 12.3. The molecule has 2 aromatic carbocycles. The van der Waals surface area contributed by atoms with E-state index >= 15 is 0 Å². The zero-order valence-electron chi connectivity index (χ0n) is 13.4. The average Bonchev–Trinajstić information content (AvgIpc) is 3.02. The molecule has 0 aliphatic heterocycles. The summed E-state index contributed by atoms with van der Waals surface area (Å²) in [5, 5.41) is 0.784. The van der Waals surface area contributed by atoms with Gasteiger partial charge in [0, 0.05) is 17.6 Å². The Hall–Kier alpha value is -3.54. The van der Waals surface area contributed by atoms with Gasteiger partial charge in [0.15, 0.2) is 0 Å². The fourth-order valence-corrected chi connectivity index (χ4v) is 2.73. The predicted molar refractivity (Wildman–Crippen MR) is 94.4 cm³/mol. The molecule has 0 aliphatic rings. The van der Waals surface area contributed by atoms with Crippen molar-refractivity contribution in [1.29, 1.82) is 0 Å². The molecule has 2 aromatic heterocycles. The lowest BCUT2D eigenvalue weighted by Gasteiger charge is -2.04. The lowest BCUT2D eigenvalue weighted by Crippen LogP contribution is -2.14. The van der Waals surface area contributed by atoms with Crippen LogP contribution in [0.4, 0.5) is 0 Å². The zero-order valence-corrected chi connectivity index (χ0v) is 13.4. The number of nitrogens with one attached hydrogen (secondary N) is 1. The monoisotopic (exact) mass is 334 g/mol. The van der Waals surface area contributed by atoms with E-state index in [-0.39, 0.29) is 5.69 Å². The highest BCUT2D eigenvalue weighted by Crippen LogP contribution is 2.21. The lowest BCUT2D eigenvalue weighted by atomic mass is 10.1. The van der Waals surface area contributed by atoms with E-state index < -0.39 is 5.63 Å². The molecule has 6 nitrogen and oxygen atoms in total. The minimum Gasteiger partial charge on any atom is -0.497 e. The van der Waals surface area contributed by atoms with Crippen molar-refractivity contribution < 1.29 is 9.15 Å². The Balaban J connectivity index is 1.87. The van der Waals surface area contributed by atoms with Crippen LogP contribution in [0.2, 0.25) is 0 Å². The van der Waals surface area contributed by atoms with E-state index in [9.17, 15) is 9.59 Å². The number of aromatic nitrogens is 2. The highest BCUT2D eigenvalue weighted by molar-refractivity contribution is 5.80. The number of rotatable bonds is 3. The Morgan fingerprint density at radius 1 is 1.04 bits per heavy atom. The molecule has 0 unspecified atom stereocenters. The van der Waals surface area contributed by atoms with E-state index in [2.05, 4.69) is 4.98 Å². The van der Waals surface area contributed by atoms with Crippen LogP contribution in [0.5, 0.6) is 5.75 Å². The van der Waals surface area contributed by atoms with Gasteiger partial charge in [-0.15, -0.1) is 0 Å². The summed E-state index contributed by atoms with van der Waals surface area (Å²) in [6.45, 7) is 0. The number of H-pyrrole nitrogens is 1. The molecule has 2 heterocycles. The van der Waals surface area contributed by atoms with Gasteiger partial charge in [-0.1, -0.05) is 24.3 Å². The van der Waals surface area contributed by atoms with E-state index in [1.807, 2.05) is 12.1 Å². The number of nitrogens with zero attached hydrogens (tertiary/aromatic N) is 1. The molecule has 1 N–H and O–H groups in total. The number of fused-ring (bicyclic) bond motifs is 1. The number of aromatic amines is 1. The zero-order chi connectivity index (χ0) is 17.4. The molecule has 0 amide bonds. The second-order valence-corrected chi connectivity index (χ2v) is 5.53. The second kappa shape index (κ2) is 5.83. The Labute approximate surface area is 141 Å². The van der Waals surface area contributed by atoms with Crippen LogP contribution in [-0.2, 0) is 0 Å². The van der Waals surface area contributed by atoms with Crippen LogP contribution in [0, 0.1) is 0 Å². The molecule has 4 rings (SSSR count). The van der Waals surface area contributed by atoms with Gasteiger partial charge < -0.3 is 14.1 Å². The van der Waals surface area contributed by atoms with Gasteiger partial charge >= 0.3 is 11.3 Å². The number of ether oxygens (including phenoxy) is 1. The molecule has 0 saturated heterocycles. The summed E-state index contributed by atoms with van der Waals surface area (Å²) >= 11 is 0. The van der Waals surface area contributed by atoms with Crippen LogP contribution in [-0.4, -0.2) is 16.7 Å². The third-order valence-electron chi connectivity index (χ3n) is 3.98. The summed E-state index contributed by atoms with van der Waals surface area (Å²) in [6.07, 6.45) is 1.58. The Bertz CT molecular complexity index is 1180. The molecule has 0 saturated carbocycles. The molecule has 0 fully saturated rings. The number of hydrogen-bond acceptors (Lipinski definition) is 4. The quantitative estimate of drug-likeness (QED) is 0.584. The molecule has 0 aliphatic carbocycles. The summed E-state index contributed by atoms with van der Waals surface area (Å²) < 4.78 is 11.9. The number of benzene rings is 2. The number of methoxy groups -OCH3 is 1. The van der Waals surface area contributed by atoms with Crippen molar-refractivity contribution in [2.24, 2.45) is 0 Å². The first-order valence-corrected chi connectivity index (χ1v) is 7.65. The average molecular weight is 334 g/mol. The first kappa shape index (κ1) is 15.0. The smallest absolute Gasteiger partial charge is 0.345 e. The van der Waals surface area contributed by atoms with Crippen molar-refractivity contribution in [3.63, 3.8) is 0 Å². The minimum atomic E-state index is -0.502. The van der Waals surface area contributed by atoms with Gasteiger partial charge in [-0.25, -0.2) is 9.59 Å². The van der Waals surface area contributed by atoms with Gasteiger partial charge in [-0.05, 0) is 24.3 Å². The van der Waals surface area contributed by atoms with Gasteiger partial charge in [0.25, 0.3) is 0 Å². The fourth-order valence-electron chi connectivity index (χ4n) is 2.73. The standard InChI is InChI=1S/C19H14N2O4/c1-24-14-7-4-6-13(10-14)21-11-16(20-19(21)23)15-9-12-5-2-3-8-17(12)25-18(15)22/h2-11H,1H3,(H,20,23). The Kier molecular flexibility index (Phi) is 3.50. The maximum Gasteiger partial charge on any atom is 0.345 e. The molecule has 0 spiro atoms. The van der Waals surface area contributed by atoms with Gasteiger partial charge in [-0.2, -0.15) is 0 Å². The predicted octanol–water partition coefficient (Wildman–Crippen LogP) is 2.95. The van der Waals surface area contributed by atoms with E-state index in [4.69, 9.17) is 9.15 Å². The first-order chi connectivity index (χ1) is 12.2. The van der Waals surface area contributed by atoms with E-state index in [0.29, 0.717) is 28.3 Å². The molecular formula is C19H14N2O4. The summed E-state index contributed by atoms with van der Waals surface area (Å²) in [4.78, 5) is 27.3. The van der Waals surface area contributed by atoms with Crippen molar-refractivity contribution in [2.75, 3.05) is 7.11 Å². The summed E-state index contributed by atoms with van der Waals surface area (Å²) in [6, 6.07) is 16.0. The van der Waals surface area contributed by atoms with Crippen LogP contribution in [0.25, 0.3) is 27.9 Å². The molecular weight excluding hydrogens is 320 g/mol. The van der Waals surface area contributed by atoms with Crippen LogP contribution in [0.3, 0.4) is 0 Å². The van der Waals surface area contributed by atoms with Gasteiger partial charge in [0.05, 0.1) is 24.1 Å². The third kappa shape index (κ3) is 2.63. The Morgan fingerprint density at radius 2 is 1.88 bits per heavy atom. The molecule has 0 radical (unpaired) electrons. The number of imidazole rings is 1. The Morgan fingerprint density at radius 3 is 2.72 bits per heavy atom. The summed E-state index contributed by atoms with van der Waals surface area (Å²) in [5.74, 6) is 0.636. The van der Waals surface area contributed by atoms with Gasteiger partial charge in [0.1, 0.15) is 11.3 Å². The first-order valence-electron chi connectivity index (χ1n) is 7.65. The third-order valence-corrected chi connectivity index (χ3v) is 3.98. The molecule has 0 atom stereocenters. The largest absolute Gasteiger partial charge is 0.497 e. The summed E-state index contributed by atoms with van der Waals surface area (Å²) in [7, 11) is 1.56. The fraction of sp³-hybridized carbons (Fsp3) is 0.0526. The van der Waals surface area contributed by atoms with Crippen LogP contribution >= 0.6 is 0 Å². The molecule has 6 heteroatoms. The topological polar surface area (TPSA) is 77.2 Å². The molecule has 4 aromatic rings. The molecule has 0 bridgehead atoms. The van der Waals surface area contributed by atoms with Crippen molar-refractivity contribution in [3.05, 3.63) is 81.7 Å². The normalized spacial score (nSPS) is 10.9. The highest BCUT2D eigenvalue weighted by atomic mass is 16.5. The van der Waals surface area contributed by atoms with Crippen molar-refractivity contribution in [1.82, 2.24) is 9.55 Å². The van der Waals surface area contributed by atoms with E-state index in [1.165, 1.54) is 4.57 Å². The molecule has 124 valence electrons. The number of para-hydroxylation sites is 1. The van der Waals surface area contributed by atoms with Gasteiger partial charge in [0.2, 0.25) is 0 Å². The minimum absolute atomic E-state index is 0.303. The van der Waals surface area contributed by atoms with Crippen molar-refractivity contribution >= 4 is 11.0 Å². The lowest BCUT2D eigenvalue weighted by molar-refractivity contribution is 0.414. The van der Waals surface area contributed by atoms with Crippen LogP contribution < -0.4 is 16.1 Å². The van der Waals surface area contributed by atoms with E-state index in [1.54, 1.807) is 55.8 Å². The summed E-state index contributed by atoms with van der Waals surface area (Å²) in [5.41, 5.74) is 0.987. The van der Waals surface area contributed by atoms with Gasteiger partial charge in [-0.3, -0.25) is 4.57 Å². The van der Waals surface area contributed by atoms with Crippen molar-refractivity contribution in [2.45, 2.75) is 0 Å². The van der Waals surface area contributed by atoms with Crippen LogP contribution in [0.1, 0.15) is 0 Å². The molecule has 25 heavy (non-hydrogen) atoms.